The minimum absolute atomic E-state index is 0.491. The maximum atomic E-state index is 5.62. The molecule has 0 saturated carbocycles. The van der Waals surface area contributed by atoms with Crippen LogP contribution in [0.15, 0.2) is 18.2 Å². The molecule has 20 heavy (non-hydrogen) atoms. The lowest BCUT2D eigenvalue weighted by Gasteiger charge is -2.21. The molecule has 3 heteroatoms. The standard InChI is InChI=1S/C17H23NS2/c1-10(2)14-8-7-9-15(11(3)4)16(14)18-12(5)13(6)20-17(18)19/h7-11H,1-6H3. The Kier molecular flexibility index (Phi) is 4.50. The van der Waals surface area contributed by atoms with Gasteiger partial charge < -0.3 is 0 Å². The molecule has 0 unspecified atom stereocenters. The van der Waals surface area contributed by atoms with Gasteiger partial charge in [-0.3, -0.25) is 4.57 Å². The third-order valence-corrected chi connectivity index (χ3v) is 5.23. The molecule has 2 aromatic rings. The summed E-state index contributed by atoms with van der Waals surface area (Å²) in [6.45, 7) is 13.3. The van der Waals surface area contributed by atoms with Crippen molar-refractivity contribution in [2.75, 3.05) is 0 Å². The first kappa shape index (κ1) is 15.5. The highest BCUT2D eigenvalue weighted by Gasteiger charge is 2.18. The van der Waals surface area contributed by atoms with E-state index in [1.807, 2.05) is 0 Å². The first-order valence-corrected chi connectivity index (χ1v) is 8.39. The minimum Gasteiger partial charge on any atom is -0.295 e. The number of hydrogen-bond donors (Lipinski definition) is 0. The van der Waals surface area contributed by atoms with Crippen molar-refractivity contribution in [3.05, 3.63) is 43.9 Å². The van der Waals surface area contributed by atoms with Gasteiger partial charge in [0.15, 0.2) is 3.95 Å². The van der Waals surface area contributed by atoms with Crippen molar-refractivity contribution >= 4 is 23.6 Å². The van der Waals surface area contributed by atoms with Crippen molar-refractivity contribution in [3.63, 3.8) is 0 Å². The van der Waals surface area contributed by atoms with Crippen LogP contribution in [0.2, 0.25) is 0 Å². The second kappa shape index (κ2) is 5.82. The highest BCUT2D eigenvalue weighted by Crippen LogP contribution is 2.34. The van der Waals surface area contributed by atoms with Crippen LogP contribution >= 0.6 is 23.6 Å². The lowest BCUT2D eigenvalue weighted by Crippen LogP contribution is -2.08. The van der Waals surface area contributed by atoms with Gasteiger partial charge in [-0.05, 0) is 49.0 Å². The summed E-state index contributed by atoms with van der Waals surface area (Å²) < 4.78 is 3.23. The molecule has 0 amide bonds. The molecule has 1 aromatic heterocycles. The van der Waals surface area contributed by atoms with Crippen molar-refractivity contribution < 1.29 is 0 Å². The van der Waals surface area contributed by atoms with Gasteiger partial charge in [0.05, 0.1) is 5.69 Å². The average Bonchev–Trinajstić information content (AvgIpc) is 2.62. The second-order valence-electron chi connectivity index (χ2n) is 5.94. The van der Waals surface area contributed by atoms with Crippen LogP contribution in [-0.4, -0.2) is 4.57 Å². The van der Waals surface area contributed by atoms with Crippen molar-refractivity contribution in [3.8, 4) is 5.69 Å². The van der Waals surface area contributed by atoms with E-state index >= 15 is 0 Å². The van der Waals surface area contributed by atoms with Crippen LogP contribution < -0.4 is 0 Å². The molecule has 0 atom stereocenters. The minimum atomic E-state index is 0.491. The van der Waals surface area contributed by atoms with Crippen molar-refractivity contribution in [1.82, 2.24) is 4.57 Å². The van der Waals surface area contributed by atoms with Gasteiger partial charge in [0, 0.05) is 10.6 Å². The van der Waals surface area contributed by atoms with E-state index in [4.69, 9.17) is 12.2 Å². The van der Waals surface area contributed by atoms with Gasteiger partial charge in [0.2, 0.25) is 0 Å². The number of rotatable bonds is 3. The molecule has 0 aliphatic carbocycles. The Morgan fingerprint density at radius 3 is 1.85 bits per heavy atom. The van der Waals surface area contributed by atoms with E-state index in [-0.39, 0.29) is 0 Å². The quantitative estimate of drug-likeness (QED) is 0.617. The van der Waals surface area contributed by atoms with Crippen LogP contribution in [0.1, 0.15) is 61.2 Å². The highest BCUT2D eigenvalue weighted by molar-refractivity contribution is 7.73. The number of thiazole rings is 1. The molecule has 1 aromatic carbocycles. The number of aryl methyl sites for hydroxylation is 1. The Morgan fingerprint density at radius 1 is 1.00 bits per heavy atom. The normalized spacial score (nSPS) is 11.6. The van der Waals surface area contributed by atoms with Crippen molar-refractivity contribution in [1.29, 1.82) is 0 Å². The monoisotopic (exact) mass is 305 g/mol. The summed E-state index contributed by atoms with van der Waals surface area (Å²) in [5.41, 5.74) is 5.35. The number of aromatic nitrogens is 1. The smallest absolute Gasteiger partial charge is 0.166 e. The van der Waals surface area contributed by atoms with Gasteiger partial charge in [-0.2, -0.15) is 0 Å². The molecular formula is C17H23NS2. The van der Waals surface area contributed by atoms with Gasteiger partial charge in [-0.1, -0.05) is 45.9 Å². The summed E-state index contributed by atoms with van der Waals surface area (Å²) in [7, 11) is 0. The molecule has 1 heterocycles. The number of para-hydroxylation sites is 1. The lowest BCUT2D eigenvalue weighted by molar-refractivity contribution is 0.798. The fourth-order valence-corrected chi connectivity index (χ4v) is 4.00. The Morgan fingerprint density at radius 2 is 1.50 bits per heavy atom. The predicted molar refractivity (Wildman–Crippen MR) is 92.1 cm³/mol. The largest absolute Gasteiger partial charge is 0.295 e. The Bertz CT molecular complexity index is 649. The average molecular weight is 306 g/mol. The van der Waals surface area contributed by atoms with E-state index in [0.717, 1.165) is 3.95 Å². The molecule has 0 N–H and O–H groups in total. The van der Waals surface area contributed by atoms with Crippen molar-refractivity contribution in [2.24, 2.45) is 0 Å². The summed E-state index contributed by atoms with van der Waals surface area (Å²) in [6.07, 6.45) is 0. The van der Waals surface area contributed by atoms with Crippen LogP contribution in [0.5, 0.6) is 0 Å². The lowest BCUT2D eigenvalue weighted by atomic mass is 9.92. The van der Waals surface area contributed by atoms with Crippen LogP contribution in [0.3, 0.4) is 0 Å². The molecule has 0 spiro atoms. The Hall–Kier alpha value is -0.930. The summed E-state index contributed by atoms with van der Waals surface area (Å²) in [5, 5.41) is 0. The molecule has 0 aliphatic rings. The first-order valence-electron chi connectivity index (χ1n) is 7.16. The van der Waals surface area contributed by atoms with E-state index in [9.17, 15) is 0 Å². The topological polar surface area (TPSA) is 4.93 Å². The van der Waals surface area contributed by atoms with E-state index < -0.39 is 0 Å². The Labute approximate surface area is 131 Å². The van der Waals surface area contributed by atoms with Crippen LogP contribution in [0, 0.1) is 17.8 Å². The zero-order chi connectivity index (χ0) is 15.0. The number of benzene rings is 1. The molecule has 1 nitrogen and oxygen atoms in total. The number of hydrogen-bond acceptors (Lipinski definition) is 2. The van der Waals surface area contributed by atoms with Crippen molar-refractivity contribution in [2.45, 2.75) is 53.4 Å². The summed E-state index contributed by atoms with van der Waals surface area (Å²) >= 11 is 7.33. The van der Waals surface area contributed by atoms with Gasteiger partial charge in [-0.15, -0.1) is 11.3 Å². The van der Waals surface area contributed by atoms with Gasteiger partial charge in [-0.25, -0.2) is 0 Å². The molecule has 0 saturated heterocycles. The molecule has 108 valence electrons. The summed E-state index contributed by atoms with van der Waals surface area (Å²) in [5.74, 6) is 0.982. The Balaban J connectivity index is 2.87. The van der Waals surface area contributed by atoms with E-state index in [0.29, 0.717) is 11.8 Å². The summed E-state index contributed by atoms with van der Waals surface area (Å²) in [6, 6.07) is 6.65. The van der Waals surface area contributed by atoms with Gasteiger partial charge in [0.1, 0.15) is 0 Å². The molecule has 2 rings (SSSR count). The maximum absolute atomic E-state index is 5.62. The van der Waals surface area contributed by atoms with Crippen LogP contribution in [0.4, 0.5) is 0 Å². The third-order valence-electron chi connectivity index (χ3n) is 3.83. The predicted octanol–water partition coefficient (Wildman–Crippen LogP) is 6.13. The molecular weight excluding hydrogens is 282 g/mol. The maximum Gasteiger partial charge on any atom is 0.166 e. The molecule has 0 radical (unpaired) electrons. The third kappa shape index (κ3) is 2.61. The zero-order valence-corrected chi connectivity index (χ0v) is 14.8. The fourth-order valence-electron chi connectivity index (χ4n) is 2.57. The van der Waals surface area contributed by atoms with E-state index in [1.54, 1.807) is 11.3 Å². The molecule has 0 bridgehead atoms. The van der Waals surface area contributed by atoms with Gasteiger partial charge in [0.25, 0.3) is 0 Å². The summed E-state index contributed by atoms with van der Waals surface area (Å²) in [4.78, 5) is 1.31. The van der Waals surface area contributed by atoms with Crippen LogP contribution in [0.25, 0.3) is 5.69 Å². The van der Waals surface area contributed by atoms with Gasteiger partial charge >= 0.3 is 0 Å². The first-order chi connectivity index (χ1) is 9.34. The SMILES string of the molecule is Cc1sc(=S)n(-c2c(C(C)C)cccc2C(C)C)c1C. The second-order valence-corrected chi connectivity index (χ2v) is 7.79. The fraction of sp³-hybridized carbons (Fsp3) is 0.471. The zero-order valence-electron chi connectivity index (χ0n) is 13.2. The number of nitrogens with zero attached hydrogens (tertiary/aromatic N) is 1. The van der Waals surface area contributed by atoms with E-state index in [2.05, 4.69) is 64.3 Å². The molecule has 0 aliphatic heterocycles. The van der Waals surface area contributed by atoms with E-state index in [1.165, 1.54) is 27.4 Å². The highest BCUT2D eigenvalue weighted by atomic mass is 32.1. The molecule has 0 fully saturated rings. The van der Waals surface area contributed by atoms with Crippen LogP contribution in [-0.2, 0) is 0 Å².